The number of hydrogen-bond acceptors (Lipinski definition) is 2. The minimum atomic E-state index is -0.0269. The van der Waals surface area contributed by atoms with E-state index < -0.39 is 0 Å². The maximum Gasteiger partial charge on any atom is 0.166 e. The van der Waals surface area contributed by atoms with Gasteiger partial charge in [-0.3, -0.25) is 4.79 Å². The quantitative estimate of drug-likeness (QED) is 0.707. The molecule has 0 radical (unpaired) electrons. The van der Waals surface area contributed by atoms with E-state index in [1.807, 2.05) is 6.07 Å². The average molecular weight is 322 g/mol. The van der Waals surface area contributed by atoms with Gasteiger partial charge in [-0.25, -0.2) is 0 Å². The summed E-state index contributed by atoms with van der Waals surface area (Å²) in [5.74, 6) is 1.60. The zero-order chi connectivity index (χ0) is 17.1. The van der Waals surface area contributed by atoms with Crippen molar-refractivity contribution < 1.29 is 9.90 Å². The molecule has 2 aromatic rings. The summed E-state index contributed by atoms with van der Waals surface area (Å²) in [6.07, 6.45) is 5.63. The summed E-state index contributed by atoms with van der Waals surface area (Å²) in [6.45, 7) is 4.15. The van der Waals surface area contributed by atoms with Gasteiger partial charge in [-0.15, -0.1) is 0 Å². The van der Waals surface area contributed by atoms with E-state index in [1.54, 1.807) is 19.1 Å². The van der Waals surface area contributed by atoms with Gasteiger partial charge in [-0.2, -0.15) is 0 Å². The minimum absolute atomic E-state index is 0.0269. The van der Waals surface area contributed by atoms with Crippen molar-refractivity contribution in [3.63, 3.8) is 0 Å². The number of carbonyl (C=O) groups excluding carboxylic acids is 1. The molecule has 1 N–H and O–H groups in total. The molecule has 24 heavy (non-hydrogen) atoms. The maximum absolute atomic E-state index is 11.8. The molecule has 0 aromatic heterocycles. The molecule has 126 valence electrons. The van der Waals surface area contributed by atoms with Crippen molar-refractivity contribution in [2.24, 2.45) is 5.92 Å². The predicted molar refractivity (Wildman–Crippen MR) is 98.5 cm³/mol. The molecular weight excluding hydrogens is 296 g/mol. The van der Waals surface area contributed by atoms with E-state index in [0.29, 0.717) is 17.9 Å². The van der Waals surface area contributed by atoms with E-state index in [2.05, 4.69) is 31.2 Å². The molecule has 2 nitrogen and oxygen atoms in total. The van der Waals surface area contributed by atoms with Gasteiger partial charge >= 0.3 is 0 Å². The standard InChI is InChI=1S/C22H26O2/c1-3-21(23)20-13-12-19(14-22(20)24)18-10-8-17(9-11-18)16-6-4-15(2)5-7-16/h8-16,24H,3-7H2,1-2H3. The van der Waals surface area contributed by atoms with Crippen LogP contribution in [0.25, 0.3) is 11.1 Å². The van der Waals surface area contributed by atoms with Crippen molar-refractivity contribution >= 4 is 5.78 Å². The van der Waals surface area contributed by atoms with Gasteiger partial charge in [-0.1, -0.05) is 57.0 Å². The first-order valence-electron chi connectivity index (χ1n) is 9.05. The van der Waals surface area contributed by atoms with Crippen LogP contribution < -0.4 is 0 Å². The van der Waals surface area contributed by atoms with Gasteiger partial charge in [0.25, 0.3) is 0 Å². The molecule has 0 amide bonds. The fourth-order valence-corrected chi connectivity index (χ4v) is 3.68. The normalized spacial score (nSPS) is 20.8. The molecule has 0 bridgehead atoms. The number of phenols is 1. The van der Waals surface area contributed by atoms with Crippen molar-refractivity contribution in [1.29, 1.82) is 0 Å². The number of phenolic OH excluding ortho intramolecular Hbond substituents is 1. The van der Waals surface area contributed by atoms with Crippen LogP contribution in [0.2, 0.25) is 0 Å². The molecule has 0 aliphatic heterocycles. The second kappa shape index (κ2) is 7.21. The lowest BCUT2D eigenvalue weighted by atomic mass is 9.79. The highest BCUT2D eigenvalue weighted by Crippen LogP contribution is 2.36. The van der Waals surface area contributed by atoms with Crippen molar-refractivity contribution in [2.75, 3.05) is 0 Å². The molecule has 0 spiro atoms. The van der Waals surface area contributed by atoms with Crippen LogP contribution in [-0.2, 0) is 0 Å². The Morgan fingerprint density at radius 1 is 1.00 bits per heavy atom. The molecule has 1 aliphatic carbocycles. The topological polar surface area (TPSA) is 37.3 Å². The smallest absolute Gasteiger partial charge is 0.166 e. The molecule has 2 heteroatoms. The lowest BCUT2D eigenvalue weighted by Crippen LogP contribution is -2.10. The van der Waals surface area contributed by atoms with Crippen molar-refractivity contribution in [3.8, 4) is 16.9 Å². The van der Waals surface area contributed by atoms with E-state index in [-0.39, 0.29) is 11.5 Å². The van der Waals surface area contributed by atoms with Crippen molar-refractivity contribution in [1.82, 2.24) is 0 Å². The molecule has 3 rings (SSSR count). The van der Waals surface area contributed by atoms with Gasteiger partial charge in [-0.05, 0) is 53.5 Å². The van der Waals surface area contributed by atoms with Crippen LogP contribution in [0.4, 0.5) is 0 Å². The van der Waals surface area contributed by atoms with E-state index in [1.165, 1.54) is 31.2 Å². The van der Waals surface area contributed by atoms with Gasteiger partial charge < -0.3 is 5.11 Å². The second-order valence-corrected chi connectivity index (χ2v) is 7.09. The highest BCUT2D eigenvalue weighted by molar-refractivity contribution is 5.98. The number of carbonyl (C=O) groups is 1. The third kappa shape index (κ3) is 3.53. The highest BCUT2D eigenvalue weighted by atomic mass is 16.3. The van der Waals surface area contributed by atoms with Crippen LogP contribution in [0.5, 0.6) is 5.75 Å². The third-order valence-electron chi connectivity index (χ3n) is 5.35. The first-order chi connectivity index (χ1) is 11.6. The number of benzene rings is 2. The van der Waals surface area contributed by atoms with Crippen LogP contribution >= 0.6 is 0 Å². The number of aromatic hydroxyl groups is 1. The SMILES string of the molecule is CCC(=O)c1ccc(-c2ccc(C3CCC(C)CC3)cc2)cc1O. The van der Waals surface area contributed by atoms with E-state index in [9.17, 15) is 9.90 Å². The van der Waals surface area contributed by atoms with E-state index in [4.69, 9.17) is 0 Å². The Bertz CT molecular complexity index is 707. The summed E-state index contributed by atoms with van der Waals surface area (Å²) >= 11 is 0. The Hall–Kier alpha value is -2.09. The number of rotatable bonds is 4. The van der Waals surface area contributed by atoms with Gasteiger partial charge in [0.1, 0.15) is 5.75 Å². The van der Waals surface area contributed by atoms with E-state index in [0.717, 1.165) is 17.0 Å². The third-order valence-corrected chi connectivity index (χ3v) is 5.35. The Morgan fingerprint density at radius 3 is 2.21 bits per heavy atom. The van der Waals surface area contributed by atoms with Crippen LogP contribution in [0.3, 0.4) is 0 Å². The summed E-state index contributed by atoms with van der Waals surface area (Å²) in [5, 5.41) is 10.1. The monoisotopic (exact) mass is 322 g/mol. The van der Waals surface area contributed by atoms with Crippen LogP contribution in [-0.4, -0.2) is 10.9 Å². The van der Waals surface area contributed by atoms with Crippen LogP contribution in [0, 0.1) is 5.92 Å². The summed E-state index contributed by atoms with van der Waals surface area (Å²) in [7, 11) is 0. The molecule has 0 saturated heterocycles. The predicted octanol–water partition coefficient (Wildman–Crippen LogP) is 5.95. The first kappa shape index (κ1) is 16.8. The summed E-state index contributed by atoms with van der Waals surface area (Å²) < 4.78 is 0. The Morgan fingerprint density at radius 2 is 1.62 bits per heavy atom. The number of hydrogen-bond donors (Lipinski definition) is 1. The van der Waals surface area contributed by atoms with Crippen LogP contribution in [0.15, 0.2) is 42.5 Å². The maximum atomic E-state index is 11.8. The molecule has 2 aromatic carbocycles. The Labute approximate surface area is 144 Å². The van der Waals surface area contributed by atoms with E-state index >= 15 is 0 Å². The van der Waals surface area contributed by atoms with Crippen LogP contribution in [0.1, 0.15) is 67.8 Å². The van der Waals surface area contributed by atoms with Crippen molar-refractivity contribution in [3.05, 3.63) is 53.6 Å². The summed E-state index contributed by atoms with van der Waals surface area (Å²) in [5.41, 5.74) is 3.86. The second-order valence-electron chi connectivity index (χ2n) is 7.09. The average Bonchev–Trinajstić information content (AvgIpc) is 2.62. The molecule has 0 atom stereocenters. The molecule has 1 aliphatic rings. The zero-order valence-electron chi connectivity index (χ0n) is 14.6. The zero-order valence-corrected chi connectivity index (χ0v) is 14.6. The Kier molecular flexibility index (Phi) is 5.03. The van der Waals surface area contributed by atoms with Gasteiger partial charge in [0, 0.05) is 6.42 Å². The number of ketones is 1. The first-order valence-corrected chi connectivity index (χ1v) is 9.05. The van der Waals surface area contributed by atoms with Gasteiger partial charge in [0.05, 0.1) is 5.56 Å². The largest absolute Gasteiger partial charge is 0.507 e. The number of Topliss-reactive ketones (excluding diaryl/α,β-unsaturated/α-hetero) is 1. The highest BCUT2D eigenvalue weighted by Gasteiger charge is 2.19. The molecule has 1 fully saturated rings. The lowest BCUT2D eigenvalue weighted by Gasteiger charge is -2.26. The van der Waals surface area contributed by atoms with Gasteiger partial charge in [0.15, 0.2) is 5.78 Å². The fraction of sp³-hybridized carbons (Fsp3) is 0.409. The molecule has 0 unspecified atom stereocenters. The lowest BCUT2D eigenvalue weighted by molar-refractivity contribution is 0.0985. The summed E-state index contributed by atoms with van der Waals surface area (Å²) in [4.78, 5) is 11.8. The molecular formula is C22H26O2. The van der Waals surface area contributed by atoms with Crippen molar-refractivity contribution in [2.45, 2.75) is 51.9 Å². The van der Waals surface area contributed by atoms with Gasteiger partial charge in [0.2, 0.25) is 0 Å². The fourth-order valence-electron chi connectivity index (χ4n) is 3.68. The molecule has 0 heterocycles. The Balaban J connectivity index is 1.78. The molecule has 1 saturated carbocycles. The minimum Gasteiger partial charge on any atom is -0.507 e. The summed E-state index contributed by atoms with van der Waals surface area (Å²) in [6, 6.07) is 14.0.